The third-order valence-electron chi connectivity index (χ3n) is 2.07. The monoisotopic (exact) mass is 183 g/mol. The number of benzene rings is 1. The van der Waals surface area contributed by atoms with Crippen molar-refractivity contribution >= 4 is 0 Å². The predicted octanol–water partition coefficient (Wildman–Crippen LogP) is 0.503. The summed E-state index contributed by atoms with van der Waals surface area (Å²) in [5.41, 5.74) is 0.958. The van der Waals surface area contributed by atoms with Gasteiger partial charge in [-0.3, -0.25) is 0 Å². The second-order valence-electron chi connectivity index (χ2n) is 2.93. The van der Waals surface area contributed by atoms with Gasteiger partial charge in [0.05, 0.1) is 6.10 Å². The van der Waals surface area contributed by atoms with Gasteiger partial charge in [-0.2, -0.15) is 0 Å². The van der Waals surface area contributed by atoms with Gasteiger partial charge in [-0.05, 0) is 19.5 Å². The van der Waals surface area contributed by atoms with E-state index < -0.39 is 6.10 Å². The number of nitrogens with one attached hydrogen (secondary N) is 1. The Hall–Kier alpha value is -0.900. The molecule has 0 bridgehead atoms. The van der Waals surface area contributed by atoms with Crippen molar-refractivity contribution in [3.05, 3.63) is 35.9 Å². The molecule has 0 saturated carbocycles. The third kappa shape index (κ3) is 3.14. The van der Waals surface area contributed by atoms with Gasteiger partial charge in [0, 0.05) is 6.04 Å². The van der Waals surface area contributed by atoms with Crippen LogP contribution in [-0.2, 0) is 0 Å². The second-order valence-corrected chi connectivity index (χ2v) is 2.93. The second kappa shape index (κ2) is 5.70. The molecule has 0 amide bonds. The Morgan fingerprint density at radius 1 is 1.23 bits per heavy atom. The molecule has 0 radical (unpaired) electrons. The lowest BCUT2D eigenvalue weighted by atomic mass is 10.0. The maximum atomic E-state index is 9.73. The third-order valence-corrected chi connectivity index (χ3v) is 2.07. The van der Waals surface area contributed by atoms with Crippen LogP contribution >= 0.6 is 0 Å². The lowest BCUT2D eigenvalue weighted by molar-refractivity contribution is 0.140. The van der Waals surface area contributed by atoms with Crippen LogP contribution in [0.15, 0.2) is 30.3 Å². The van der Waals surface area contributed by atoms with Crippen LogP contribution in [0.1, 0.15) is 18.6 Å². The van der Waals surface area contributed by atoms with Crippen molar-refractivity contribution in [3.63, 3.8) is 0 Å². The van der Waals surface area contributed by atoms with Crippen molar-refractivity contribution in [1.29, 1.82) is 0 Å². The highest BCUT2D eigenvalue weighted by atomic mass is 16.3. The summed E-state index contributed by atoms with van der Waals surface area (Å²) in [6.07, 6.45) is -0.420. The van der Waals surface area contributed by atoms with Gasteiger partial charge in [0.15, 0.2) is 0 Å². The highest BCUT2D eigenvalue weighted by molar-refractivity contribution is 5.18. The summed E-state index contributed by atoms with van der Waals surface area (Å²) in [5.74, 6) is 0. The zero-order valence-corrected chi connectivity index (χ0v) is 7.99. The van der Waals surface area contributed by atoms with Gasteiger partial charge in [0.2, 0.25) is 0 Å². The van der Waals surface area contributed by atoms with Crippen molar-refractivity contribution in [2.45, 2.75) is 19.1 Å². The average Bonchev–Trinajstić information content (AvgIpc) is 2.17. The van der Waals surface area contributed by atoms with E-state index in [9.17, 15) is 5.11 Å². The SMILES string of the molecule is CN[C@H](C)[C@@H](O)c1ccccc1.O. The van der Waals surface area contributed by atoms with Gasteiger partial charge >= 0.3 is 0 Å². The van der Waals surface area contributed by atoms with E-state index in [2.05, 4.69) is 5.32 Å². The molecule has 13 heavy (non-hydrogen) atoms. The van der Waals surface area contributed by atoms with Gasteiger partial charge in [-0.15, -0.1) is 0 Å². The topological polar surface area (TPSA) is 63.8 Å². The molecule has 1 rings (SSSR count). The van der Waals surface area contributed by atoms with Crippen LogP contribution < -0.4 is 5.32 Å². The van der Waals surface area contributed by atoms with E-state index in [1.807, 2.05) is 44.3 Å². The quantitative estimate of drug-likeness (QED) is 0.717. The molecule has 0 spiro atoms. The summed E-state index contributed by atoms with van der Waals surface area (Å²) in [7, 11) is 1.84. The van der Waals surface area contributed by atoms with Crippen LogP contribution in [0.2, 0.25) is 0 Å². The smallest absolute Gasteiger partial charge is 0.0940 e. The van der Waals surface area contributed by atoms with E-state index in [0.717, 1.165) is 5.56 Å². The van der Waals surface area contributed by atoms with Gasteiger partial charge in [-0.25, -0.2) is 0 Å². The lowest BCUT2D eigenvalue weighted by Gasteiger charge is -2.17. The van der Waals surface area contributed by atoms with Crippen LogP contribution in [0, 0.1) is 0 Å². The molecule has 4 N–H and O–H groups in total. The van der Waals surface area contributed by atoms with E-state index >= 15 is 0 Å². The maximum Gasteiger partial charge on any atom is 0.0940 e. The normalized spacial score (nSPS) is 14.4. The van der Waals surface area contributed by atoms with Crippen LogP contribution in [0.4, 0.5) is 0 Å². The van der Waals surface area contributed by atoms with E-state index in [4.69, 9.17) is 0 Å². The van der Waals surface area contributed by atoms with Crippen LogP contribution in [-0.4, -0.2) is 23.7 Å². The van der Waals surface area contributed by atoms with Crippen molar-refractivity contribution < 1.29 is 10.6 Å². The van der Waals surface area contributed by atoms with Crippen LogP contribution in [0.25, 0.3) is 0 Å². The first-order valence-corrected chi connectivity index (χ1v) is 4.16. The molecule has 2 atom stereocenters. The molecule has 1 aromatic rings. The first kappa shape index (κ1) is 12.1. The predicted molar refractivity (Wildman–Crippen MR) is 53.5 cm³/mol. The summed E-state index contributed by atoms with van der Waals surface area (Å²) >= 11 is 0. The molecule has 0 aromatic heterocycles. The number of rotatable bonds is 3. The molecule has 0 aliphatic carbocycles. The molecule has 3 nitrogen and oxygen atoms in total. The first-order chi connectivity index (χ1) is 5.75. The minimum absolute atomic E-state index is 0. The maximum absolute atomic E-state index is 9.73. The van der Waals surface area contributed by atoms with Crippen molar-refractivity contribution in [3.8, 4) is 0 Å². The molecule has 1 aromatic carbocycles. The Kier molecular flexibility index (Phi) is 5.30. The van der Waals surface area contributed by atoms with Gasteiger partial charge in [0.25, 0.3) is 0 Å². The summed E-state index contributed by atoms with van der Waals surface area (Å²) in [5, 5.41) is 12.7. The largest absolute Gasteiger partial charge is 0.412 e. The molecular formula is C10H17NO2. The van der Waals surface area contributed by atoms with Gasteiger partial charge in [0.1, 0.15) is 0 Å². The highest BCUT2D eigenvalue weighted by Crippen LogP contribution is 2.15. The Morgan fingerprint density at radius 2 is 1.77 bits per heavy atom. The van der Waals surface area contributed by atoms with E-state index in [1.165, 1.54) is 0 Å². The molecule has 0 saturated heterocycles. The molecule has 0 fully saturated rings. The van der Waals surface area contributed by atoms with Crippen LogP contribution in [0.5, 0.6) is 0 Å². The molecule has 0 unspecified atom stereocenters. The van der Waals surface area contributed by atoms with Crippen molar-refractivity contribution in [1.82, 2.24) is 5.32 Å². The Balaban J connectivity index is 0.00000144. The number of likely N-dealkylation sites (N-methyl/N-ethyl adjacent to an activating group) is 1. The molecular weight excluding hydrogens is 166 g/mol. The van der Waals surface area contributed by atoms with E-state index in [1.54, 1.807) is 0 Å². The van der Waals surface area contributed by atoms with Gasteiger partial charge < -0.3 is 15.9 Å². The zero-order chi connectivity index (χ0) is 8.97. The summed E-state index contributed by atoms with van der Waals surface area (Å²) in [6.45, 7) is 1.96. The minimum Gasteiger partial charge on any atom is -0.412 e. The highest BCUT2D eigenvalue weighted by Gasteiger charge is 2.12. The summed E-state index contributed by atoms with van der Waals surface area (Å²) in [4.78, 5) is 0. The summed E-state index contributed by atoms with van der Waals surface area (Å²) in [6, 6.07) is 9.76. The van der Waals surface area contributed by atoms with E-state index in [-0.39, 0.29) is 11.5 Å². The Morgan fingerprint density at radius 3 is 2.23 bits per heavy atom. The number of hydrogen-bond acceptors (Lipinski definition) is 2. The first-order valence-electron chi connectivity index (χ1n) is 4.16. The number of hydrogen-bond donors (Lipinski definition) is 2. The molecule has 0 aliphatic heterocycles. The minimum atomic E-state index is -0.420. The number of aliphatic hydroxyl groups excluding tert-OH is 1. The van der Waals surface area contributed by atoms with Crippen molar-refractivity contribution in [2.24, 2.45) is 0 Å². The van der Waals surface area contributed by atoms with Crippen molar-refractivity contribution in [2.75, 3.05) is 7.05 Å². The van der Waals surface area contributed by atoms with Gasteiger partial charge in [-0.1, -0.05) is 30.3 Å². The van der Waals surface area contributed by atoms with E-state index in [0.29, 0.717) is 0 Å². The fraction of sp³-hybridized carbons (Fsp3) is 0.400. The Bertz CT molecular complexity index is 226. The standard InChI is InChI=1S/C10H15NO.H2O/c1-8(11-2)10(12)9-6-4-3-5-7-9;/h3-8,10-12H,1-2H3;1H2/t8-,10-;/m1./s1. The zero-order valence-electron chi connectivity index (χ0n) is 7.99. The van der Waals surface area contributed by atoms with Crippen LogP contribution in [0.3, 0.4) is 0 Å². The molecule has 0 aliphatic rings. The molecule has 74 valence electrons. The average molecular weight is 183 g/mol. The fourth-order valence-electron chi connectivity index (χ4n) is 1.10. The molecule has 0 heterocycles. The Labute approximate surface area is 78.7 Å². The number of aliphatic hydroxyl groups is 1. The lowest BCUT2D eigenvalue weighted by Crippen LogP contribution is -2.28. The summed E-state index contributed by atoms with van der Waals surface area (Å²) < 4.78 is 0. The fourth-order valence-corrected chi connectivity index (χ4v) is 1.10. The molecule has 3 heteroatoms.